The molecule has 0 spiro atoms. The van der Waals surface area contributed by atoms with Crippen LogP contribution in [-0.4, -0.2) is 30.6 Å². The second-order valence-electron chi connectivity index (χ2n) is 7.66. The topological polar surface area (TPSA) is 90.9 Å². The van der Waals surface area contributed by atoms with Crippen LogP contribution < -0.4 is 16.4 Å². The highest BCUT2D eigenvalue weighted by Gasteiger charge is 2.29. The van der Waals surface area contributed by atoms with E-state index >= 15 is 0 Å². The predicted octanol–water partition coefficient (Wildman–Crippen LogP) is 2.27. The van der Waals surface area contributed by atoms with Gasteiger partial charge in [-0.05, 0) is 32.4 Å². The van der Waals surface area contributed by atoms with Gasteiger partial charge in [-0.1, -0.05) is 36.9 Å². The zero-order valence-corrected chi connectivity index (χ0v) is 18.8. The Labute approximate surface area is 183 Å². The van der Waals surface area contributed by atoms with Gasteiger partial charge in [0.05, 0.1) is 17.3 Å². The van der Waals surface area contributed by atoms with Crippen molar-refractivity contribution in [1.82, 2.24) is 18.9 Å². The number of thioether (sulfide) groups is 1. The lowest BCUT2D eigenvalue weighted by molar-refractivity contribution is -0.119. The number of carbonyl (C=O) groups is 1. The van der Waals surface area contributed by atoms with E-state index < -0.39 is 5.92 Å². The minimum atomic E-state index is -0.436. The molecule has 8 nitrogen and oxygen atoms in total. The molecule has 2 aromatic heterocycles. The van der Waals surface area contributed by atoms with Crippen molar-refractivity contribution in [3.05, 3.63) is 68.0 Å². The number of hydrogen-bond donors (Lipinski definition) is 1. The van der Waals surface area contributed by atoms with Crippen LogP contribution in [0.5, 0.6) is 0 Å². The van der Waals surface area contributed by atoms with Gasteiger partial charge in [0.2, 0.25) is 5.91 Å². The number of carbonyl (C=O) groups excluding carboxylic acids is 1. The van der Waals surface area contributed by atoms with E-state index in [0.717, 1.165) is 11.4 Å². The molecule has 0 fully saturated rings. The van der Waals surface area contributed by atoms with Gasteiger partial charge in [-0.3, -0.25) is 23.6 Å². The molecule has 31 heavy (non-hydrogen) atoms. The molecule has 9 heteroatoms. The molecular formula is C22H25N5O3S. The first-order chi connectivity index (χ1) is 14.8. The van der Waals surface area contributed by atoms with Gasteiger partial charge in [-0.15, -0.1) is 0 Å². The summed E-state index contributed by atoms with van der Waals surface area (Å²) in [5.41, 5.74) is 2.69. The van der Waals surface area contributed by atoms with E-state index in [-0.39, 0.29) is 29.3 Å². The smallest absolute Gasteiger partial charge is 0.295 e. The van der Waals surface area contributed by atoms with Crippen LogP contribution in [-0.2, 0) is 24.8 Å². The summed E-state index contributed by atoms with van der Waals surface area (Å²) in [6.45, 7) is 5.82. The van der Waals surface area contributed by atoms with E-state index in [0.29, 0.717) is 28.6 Å². The number of rotatable bonds is 4. The first kappa shape index (κ1) is 21.2. The van der Waals surface area contributed by atoms with Crippen LogP contribution in [0, 0.1) is 19.8 Å². The van der Waals surface area contributed by atoms with Gasteiger partial charge in [0.25, 0.3) is 11.1 Å². The maximum atomic E-state index is 13.1. The molecule has 3 heterocycles. The van der Waals surface area contributed by atoms with Gasteiger partial charge >= 0.3 is 0 Å². The molecule has 1 atom stereocenters. The number of aromatic nitrogens is 4. The number of para-hydroxylation sites is 1. The molecule has 0 aliphatic carbocycles. The quantitative estimate of drug-likeness (QED) is 0.630. The maximum absolute atomic E-state index is 13.1. The van der Waals surface area contributed by atoms with Crippen molar-refractivity contribution >= 4 is 23.4 Å². The van der Waals surface area contributed by atoms with Crippen LogP contribution in [0.4, 0.5) is 5.69 Å². The Bertz CT molecular complexity index is 1270. The molecule has 0 bridgehead atoms. The van der Waals surface area contributed by atoms with Gasteiger partial charge in [-0.2, -0.15) is 0 Å². The van der Waals surface area contributed by atoms with Gasteiger partial charge in [0, 0.05) is 30.6 Å². The number of hydrogen-bond acceptors (Lipinski definition) is 5. The largest absolute Gasteiger partial charge is 0.320 e. The zero-order chi connectivity index (χ0) is 22.3. The Kier molecular flexibility index (Phi) is 5.62. The summed E-state index contributed by atoms with van der Waals surface area (Å²) in [5.74, 6) is -0.203. The Balaban J connectivity index is 1.62. The van der Waals surface area contributed by atoms with Crippen LogP contribution in [0.3, 0.4) is 0 Å². The summed E-state index contributed by atoms with van der Waals surface area (Å²) in [6, 6.07) is 9.28. The van der Waals surface area contributed by atoms with Crippen molar-refractivity contribution in [2.75, 3.05) is 11.1 Å². The molecule has 0 radical (unpaired) electrons. The van der Waals surface area contributed by atoms with Crippen molar-refractivity contribution in [3.63, 3.8) is 0 Å². The molecule has 1 aliphatic rings. The fourth-order valence-corrected chi connectivity index (χ4v) is 5.02. The average Bonchev–Trinajstić information content (AvgIpc) is 2.97. The number of anilines is 1. The number of fused-ring (bicyclic) bond motifs is 1. The maximum Gasteiger partial charge on any atom is 0.295 e. The highest BCUT2D eigenvalue weighted by atomic mass is 32.2. The molecule has 0 saturated carbocycles. The van der Waals surface area contributed by atoms with Crippen LogP contribution in [0.15, 0.2) is 45.1 Å². The van der Waals surface area contributed by atoms with E-state index in [2.05, 4.69) is 10.3 Å². The number of nitrogens with zero attached hydrogens (tertiary/aromatic N) is 4. The van der Waals surface area contributed by atoms with Crippen molar-refractivity contribution in [2.45, 2.75) is 38.9 Å². The van der Waals surface area contributed by atoms with Crippen molar-refractivity contribution in [1.29, 1.82) is 0 Å². The summed E-state index contributed by atoms with van der Waals surface area (Å²) in [6.07, 6.45) is 0.599. The average molecular weight is 440 g/mol. The summed E-state index contributed by atoms with van der Waals surface area (Å²) in [5, 5.41) is 3.47. The summed E-state index contributed by atoms with van der Waals surface area (Å²) in [7, 11) is 1.78. The Morgan fingerprint density at radius 2 is 1.90 bits per heavy atom. The highest BCUT2D eigenvalue weighted by molar-refractivity contribution is 7.99. The second-order valence-corrected chi connectivity index (χ2v) is 8.65. The normalized spacial score (nSPS) is 15.5. The molecule has 162 valence electrons. The van der Waals surface area contributed by atoms with Gasteiger partial charge in [0.15, 0.2) is 5.16 Å². The molecule has 1 aromatic carbocycles. The minimum Gasteiger partial charge on any atom is -0.320 e. The van der Waals surface area contributed by atoms with Crippen molar-refractivity contribution in [2.24, 2.45) is 13.0 Å². The van der Waals surface area contributed by atoms with E-state index in [1.807, 2.05) is 44.2 Å². The van der Waals surface area contributed by atoms with E-state index in [1.165, 1.54) is 16.4 Å². The van der Waals surface area contributed by atoms with Crippen LogP contribution in [0.25, 0.3) is 5.69 Å². The van der Waals surface area contributed by atoms with Crippen LogP contribution in [0.1, 0.15) is 23.9 Å². The molecule has 0 saturated heterocycles. The van der Waals surface area contributed by atoms with Gasteiger partial charge in [0.1, 0.15) is 5.69 Å². The second kappa shape index (κ2) is 8.22. The van der Waals surface area contributed by atoms with Crippen molar-refractivity contribution in [3.8, 4) is 5.69 Å². The fourth-order valence-electron chi connectivity index (χ4n) is 3.90. The summed E-state index contributed by atoms with van der Waals surface area (Å²) < 4.78 is 4.84. The first-order valence-corrected chi connectivity index (χ1v) is 11.2. The predicted molar refractivity (Wildman–Crippen MR) is 121 cm³/mol. The zero-order valence-electron chi connectivity index (χ0n) is 18.0. The van der Waals surface area contributed by atoms with E-state index in [9.17, 15) is 14.4 Å². The lowest BCUT2D eigenvalue weighted by Crippen LogP contribution is -2.39. The number of aryl methyl sites for hydroxylation is 1. The van der Waals surface area contributed by atoms with Crippen LogP contribution >= 0.6 is 11.8 Å². The fraction of sp³-hybridized carbons (Fsp3) is 0.364. The monoisotopic (exact) mass is 439 g/mol. The number of nitrogens with one attached hydrogen (secondary N) is 1. The SMILES string of the molecule is CCc1c(C)nc2n(c1=O)CC(C(=O)Nc1c(C)n(C)n(-c3ccccc3)c1=O)CS2. The molecule has 1 amide bonds. The molecule has 1 aliphatic heterocycles. The Morgan fingerprint density at radius 1 is 1.19 bits per heavy atom. The minimum absolute atomic E-state index is 0.0858. The molecule has 1 unspecified atom stereocenters. The number of benzene rings is 1. The summed E-state index contributed by atoms with van der Waals surface area (Å²) >= 11 is 1.40. The molecule has 4 rings (SSSR count). The third-order valence-corrected chi connectivity index (χ3v) is 6.92. The van der Waals surface area contributed by atoms with Gasteiger partial charge < -0.3 is 5.32 Å². The summed E-state index contributed by atoms with van der Waals surface area (Å²) in [4.78, 5) is 43.5. The Hall–Kier alpha value is -3.07. The third kappa shape index (κ3) is 3.63. The van der Waals surface area contributed by atoms with Crippen molar-refractivity contribution < 1.29 is 4.79 Å². The van der Waals surface area contributed by atoms with E-state index in [4.69, 9.17) is 0 Å². The Morgan fingerprint density at radius 3 is 2.58 bits per heavy atom. The third-order valence-electron chi connectivity index (χ3n) is 5.78. The molecule has 1 N–H and O–H groups in total. The molecule has 3 aromatic rings. The number of amides is 1. The lowest BCUT2D eigenvalue weighted by atomic mass is 10.1. The standard InChI is InChI=1S/C22H25N5O3S/c1-5-17-13(2)23-22-26(20(17)29)11-15(12-31-22)19(28)24-18-14(3)25(4)27(21(18)30)16-9-7-6-8-10-16/h6-10,15H,5,11-12H2,1-4H3,(H,24,28). The van der Waals surface area contributed by atoms with E-state index in [1.54, 1.807) is 23.2 Å². The lowest BCUT2D eigenvalue weighted by Gasteiger charge is -2.25. The first-order valence-electron chi connectivity index (χ1n) is 10.2. The van der Waals surface area contributed by atoms with Gasteiger partial charge in [-0.25, -0.2) is 9.67 Å². The highest BCUT2D eigenvalue weighted by Crippen LogP contribution is 2.27. The van der Waals surface area contributed by atoms with Crippen LogP contribution in [0.2, 0.25) is 0 Å². The molecular weight excluding hydrogens is 414 g/mol.